The molecule has 0 bridgehead atoms. The molecule has 144 valence electrons. The Bertz CT molecular complexity index is 899. The Balaban J connectivity index is 1.75. The van der Waals surface area contributed by atoms with Gasteiger partial charge in [0.15, 0.2) is 0 Å². The Morgan fingerprint density at radius 1 is 1.33 bits per heavy atom. The third-order valence-corrected chi connectivity index (χ3v) is 6.13. The molecule has 3 rings (SSSR count). The number of amides is 1. The Hall–Kier alpha value is -2.13. The van der Waals surface area contributed by atoms with Crippen molar-refractivity contribution < 1.29 is 13.6 Å². The summed E-state index contributed by atoms with van der Waals surface area (Å²) in [6.45, 7) is 5.49. The highest BCUT2D eigenvalue weighted by Gasteiger charge is 2.21. The van der Waals surface area contributed by atoms with Gasteiger partial charge < -0.3 is 5.32 Å². The molecule has 0 saturated carbocycles. The molecule has 0 aliphatic rings. The number of nitrogens with zero attached hydrogens (tertiary/aromatic N) is 3. The van der Waals surface area contributed by atoms with E-state index < -0.39 is 6.43 Å². The van der Waals surface area contributed by atoms with E-state index in [1.165, 1.54) is 10.7 Å². The fourth-order valence-electron chi connectivity index (χ4n) is 2.67. The van der Waals surface area contributed by atoms with E-state index in [2.05, 4.69) is 15.4 Å². The lowest BCUT2D eigenvalue weighted by Gasteiger charge is -2.16. The van der Waals surface area contributed by atoms with Gasteiger partial charge in [0.05, 0.1) is 11.7 Å². The molecule has 0 aliphatic carbocycles. The van der Waals surface area contributed by atoms with Gasteiger partial charge in [-0.2, -0.15) is 16.4 Å². The minimum absolute atomic E-state index is 0.109. The van der Waals surface area contributed by atoms with Crippen LogP contribution >= 0.6 is 22.7 Å². The van der Waals surface area contributed by atoms with Crippen molar-refractivity contribution in [2.24, 2.45) is 0 Å². The number of nitrogens with one attached hydrogen (secondary N) is 1. The summed E-state index contributed by atoms with van der Waals surface area (Å²) in [5.41, 5.74) is 2.27. The summed E-state index contributed by atoms with van der Waals surface area (Å²) in [5.74, 6) is -0.284. The van der Waals surface area contributed by atoms with Crippen molar-refractivity contribution in [2.45, 2.75) is 46.2 Å². The van der Waals surface area contributed by atoms with Crippen molar-refractivity contribution >= 4 is 28.6 Å². The second-order valence-electron chi connectivity index (χ2n) is 6.32. The number of aromatic nitrogens is 3. The molecule has 3 aromatic heterocycles. The summed E-state index contributed by atoms with van der Waals surface area (Å²) in [5, 5.41) is 11.7. The van der Waals surface area contributed by atoms with E-state index >= 15 is 0 Å². The van der Waals surface area contributed by atoms with Gasteiger partial charge in [-0.3, -0.25) is 9.48 Å². The van der Waals surface area contributed by atoms with Crippen LogP contribution in [0.25, 0.3) is 0 Å². The fourth-order valence-corrected chi connectivity index (χ4v) is 4.33. The maximum atomic E-state index is 12.8. The van der Waals surface area contributed by atoms with Gasteiger partial charge in [0.1, 0.15) is 17.2 Å². The van der Waals surface area contributed by atoms with Crippen LogP contribution in [0.5, 0.6) is 0 Å². The molecule has 0 aromatic carbocycles. The van der Waals surface area contributed by atoms with Crippen LogP contribution in [0.4, 0.5) is 8.78 Å². The molecule has 1 atom stereocenters. The molecule has 0 aliphatic heterocycles. The number of aryl methyl sites for hydroxylation is 3. The number of hydrogen-bond acceptors (Lipinski definition) is 5. The van der Waals surface area contributed by atoms with Crippen molar-refractivity contribution in [3.63, 3.8) is 0 Å². The highest BCUT2D eigenvalue weighted by Crippen LogP contribution is 2.26. The zero-order valence-electron chi connectivity index (χ0n) is 15.2. The van der Waals surface area contributed by atoms with E-state index in [9.17, 15) is 13.6 Å². The number of hydrogen-bond donors (Lipinski definition) is 1. The SMILES string of the molecule is Cc1nc([C@H](Cc2ccsc2)NC(=O)Cn2nc(C(F)F)cc2C)sc1C. The van der Waals surface area contributed by atoms with Crippen molar-refractivity contribution in [1.82, 2.24) is 20.1 Å². The second kappa shape index (κ2) is 8.26. The van der Waals surface area contributed by atoms with Crippen LogP contribution in [0.2, 0.25) is 0 Å². The van der Waals surface area contributed by atoms with Crippen molar-refractivity contribution in [2.75, 3.05) is 0 Å². The number of thiophene rings is 1. The molecule has 3 heterocycles. The minimum Gasteiger partial charge on any atom is -0.345 e. The quantitative estimate of drug-likeness (QED) is 0.629. The first-order chi connectivity index (χ1) is 12.8. The van der Waals surface area contributed by atoms with Crippen molar-refractivity contribution in [3.8, 4) is 0 Å². The van der Waals surface area contributed by atoms with E-state index in [1.54, 1.807) is 29.6 Å². The summed E-state index contributed by atoms with van der Waals surface area (Å²) in [6.07, 6.45) is -2.03. The Morgan fingerprint density at radius 2 is 2.11 bits per heavy atom. The molecule has 1 amide bonds. The van der Waals surface area contributed by atoms with Crippen LogP contribution in [-0.2, 0) is 17.8 Å². The van der Waals surface area contributed by atoms with Gasteiger partial charge in [-0.25, -0.2) is 13.8 Å². The maximum absolute atomic E-state index is 12.8. The van der Waals surface area contributed by atoms with Crippen LogP contribution in [0, 0.1) is 20.8 Å². The Morgan fingerprint density at radius 3 is 2.67 bits per heavy atom. The topological polar surface area (TPSA) is 59.8 Å². The van der Waals surface area contributed by atoms with Crippen LogP contribution in [0.15, 0.2) is 22.9 Å². The predicted molar refractivity (Wildman–Crippen MR) is 102 cm³/mol. The average Bonchev–Trinajstić information content (AvgIpc) is 3.30. The Labute approximate surface area is 164 Å². The molecular weight excluding hydrogens is 390 g/mol. The van der Waals surface area contributed by atoms with Crippen LogP contribution in [0.3, 0.4) is 0 Å². The zero-order chi connectivity index (χ0) is 19.6. The van der Waals surface area contributed by atoms with Gasteiger partial charge in [0, 0.05) is 17.0 Å². The second-order valence-corrected chi connectivity index (χ2v) is 8.33. The van der Waals surface area contributed by atoms with Gasteiger partial charge in [-0.15, -0.1) is 11.3 Å². The zero-order valence-corrected chi connectivity index (χ0v) is 16.8. The molecule has 5 nitrogen and oxygen atoms in total. The maximum Gasteiger partial charge on any atom is 0.282 e. The summed E-state index contributed by atoms with van der Waals surface area (Å²) in [4.78, 5) is 18.3. The lowest BCUT2D eigenvalue weighted by Crippen LogP contribution is -2.33. The first-order valence-electron chi connectivity index (χ1n) is 8.40. The largest absolute Gasteiger partial charge is 0.345 e. The monoisotopic (exact) mass is 410 g/mol. The van der Waals surface area contributed by atoms with E-state index in [1.807, 2.05) is 30.7 Å². The molecular formula is C18H20F2N4OS2. The standard InChI is InChI=1S/C18H20F2N4OS2/c1-10-6-14(17(19)20)23-24(10)8-16(25)22-15(7-13-4-5-26-9-13)18-21-11(2)12(3)27-18/h4-6,9,15,17H,7-8H2,1-3H3,(H,22,25)/t15-/m0/s1. The average molecular weight is 411 g/mol. The van der Waals surface area contributed by atoms with Crippen LogP contribution in [-0.4, -0.2) is 20.7 Å². The number of rotatable bonds is 7. The summed E-state index contributed by atoms with van der Waals surface area (Å²) in [6, 6.07) is 3.05. The highest BCUT2D eigenvalue weighted by atomic mass is 32.1. The van der Waals surface area contributed by atoms with Gasteiger partial charge in [-0.1, -0.05) is 0 Å². The number of thiazole rings is 1. The molecule has 1 N–H and O–H groups in total. The van der Waals surface area contributed by atoms with Gasteiger partial charge in [0.2, 0.25) is 5.91 Å². The van der Waals surface area contributed by atoms with E-state index in [4.69, 9.17) is 0 Å². The smallest absolute Gasteiger partial charge is 0.282 e. The lowest BCUT2D eigenvalue weighted by atomic mass is 10.1. The number of carbonyl (C=O) groups is 1. The molecule has 9 heteroatoms. The van der Waals surface area contributed by atoms with Crippen molar-refractivity contribution in [1.29, 1.82) is 0 Å². The van der Waals surface area contributed by atoms with Gasteiger partial charge in [0.25, 0.3) is 6.43 Å². The predicted octanol–water partition coefficient (Wildman–Crippen LogP) is 4.36. The van der Waals surface area contributed by atoms with Gasteiger partial charge >= 0.3 is 0 Å². The van der Waals surface area contributed by atoms with E-state index in [-0.39, 0.29) is 24.2 Å². The molecule has 0 spiro atoms. The molecule has 0 unspecified atom stereocenters. The first kappa shape index (κ1) is 19.6. The minimum atomic E-state index is -2.65. The molecule has 0 fully saturated rings. The van der Waals surface area contributed by atoms with Gasteiger partial charge in [-0.05, 0) is 49.2 Å². The fraction of sp³-hybridized carbons (Fsp3) is 0.389. The lowest BCUT2D eigenvalue weighted by molar-refractivity contribution is -0.122. The normalized spacial score (nSPS) is 12.5. The van der Waals surface area contributed by atoms with E-state index in [0.717, 1.165) is 21.1 Å². The Kier molecular flexibility index (Phi) is 6.01. The first-order valence-corrected chi connectivity index (χ1v) is 10.2. The number of carbonyl (C=O) groups excluding carboxylic acids is 1. The molecule has 3 aromatic rings. The third kappa shape index (κ3) is 4.78. The van der Waals surface area contributed by atoms with E-state index in [0.29, 0.717) is 12.1 Å². The number of halogens is 2. The summed E-state index contributed by atoms with van der Waals surface area (Å²) in [7, 11) is 0. The van der Waals surface area contributed by atoms with Crippen molar-refractivity contribution in [3.05, 3.63) is 55.4 Å². The molecule has 27 heavy (non-hydrogen) atoms. The van der Waals surface area contributed by atoms with Crippen LogP contribution < -0.4 is 5.32 Å². The molecule has 0 radical (unpaired) electrons. The third-order valence-electron chi connectivity index (χ3n) is 4.22. The summed E-state index contributed by atoms with van der Waals surface area (Å²) < 4.78 is 26.9. The number of alkyl halides is 2. The van der Waals surface area contributed by atoms with Crippen LogP contribution in [0.1, 0.15) is 45.0 Å². The molecule has 0 saturated heterocycles. The highest BCUT2D eigenvalue weighted by molar-refractivity contribution is 7.11. The summed E-state index contributed by atoms with van der Waals surface area (Å²) >= 11 is 3.16.